The van der Waals surface area contributed by atoms with E-state index in [1.54, 1.807) is 48.5 Å². The second-order valence-corrected chi connectivity index (χ2v) is 5.78. The Morgan fingerprint density at radius 2 is 1.59 bits per heavy atom. The number of amides is 1. The summed E-state index contributed by atoms with van der Waals surface area (Å²) in [6.45, 7) is 0. The van der Waals surface area contributed by atoms with Crippen LogP contribution >= 0.6 is 0 Å². The average molecular weight is 358 g/mol. The first-order valence-corrected chi connectivity index (χ1v) is 8.44. The highest BCUT2D eigenvalue weighted by molar-refractivity contribution is 5.91. The van der Waals surface area contributed by atoms with E-state index in [0.717, 1.165) is 5.56 Å². The van der Waals surface area contributed by atoms with Gasteiger partial charge in [-0.2, -0.15) is 5.10 Å². The first-order chi connectivity index (χ1) is 13.2. The molecule has 0 radical (unpaired) electrons. The van der Waals surface area contributed by atoms with E-state index in [4.69, 9.17) is 4.74 Å². The number of carbonyl (C=O) groups is 2. The lowest BCUT2D eigenvalue weighted by Crippen LogP contribution is -2.19. The standard InChI is InChI=1S/C22H18N2O3/c25-21(15-17-8-3-1-4-9-17)24-23-16-18-10-7-13-20(14-18)27-22(26)19-11-5-2-6-12-19/h1-14,16H,15H2,(H,24,25)/b23-16+. The summed E-state index contributed by atoms with van der Waals surface area (Å²) in [5, 5.41) is 3.95. The predicted molar refractivity (Wildman–Crippen MR) is 104 cm³/mol. The summed E-state index contributed by atoms with van der Waals surface area (Å²) in [5.74, 6) is -0.228. The molecular weight excluding hydrogens is 340 g/mol. The molecule has 5 heteroatoms. The molecule has 1 N–H and O–H groups in total. The molecule has 1 amide bonds. The summed E-state index contributed by atoms with van der Waals surface area (Å²) < 4.78 is 5.36. The van der Waals surface area contributed by atoms with E-state index >= 15 is 0 Å². The largest absolute Gasteiger partial charge is 0.423 e. The third-order valence-corrected chi connectivity index (χ3v) is 3.69. The highest BCUT2D eigenvalue weighted by Crippen LogP contribution is 2.14. The quantitative estimate of drug-likeness (QED) is 0.317. The lowest BCUT2D eigenvalue weighted by molar-refractivity contribution is -0.120. The molecule has 27 heavy (non-hydrogen) atoms. The summed E-state index contributed by atoms with van der Waals surface area (Å²) in [5.41, 5.74) is 4.58. The number of hydrazone groups is 1. The van der Waals surface area contributed by atoms with Crippen LogP contribution in [0.1, 0.15) is 21.5 Å². The predicted octanol–water partition coefficient (Wildman–Crippen LogP) is 3.60. The van der Waals surface area contributed by atoms with Crippen molar-refractivity contribution in [2.45, 2.75) is 6.42 Å². The van der Waals surface area contributed by atoms with Crippen molar-refractivity contribution in [2.24, 2.45) is 5.10 Å². The number of rotatable bonds is 6. The third-order valence-electron chi connectivity index (χ3n) is 3.69. The van der Waals surface area contributed by atoms with Gasteiger partial charge >= 0.3 is 5.97 Å². The molecule has 0 aromatic heterocycles. The van der Waals surface area contributed by atoms with Gasteiger partial charge in [0.1, 0.15) is 5.75 Å². The van der Waals surface area contributed by atoms with Gasteiger partial charge in [-0.25, -0.2) is 10.2 Å². The van der Waals surface area contributed by atoms with Crippen LogP contribution < -0.4 is 10.2 Å². The summed E-state index contributed by atoms with van der Waals surface area (Å²) in [7, 11) is 0. The lowest BCUT2D eigenvalue weighted by atomic mass is 10.1. The molecule has 0 bridgehead atoms. The first-order valence-electron chi connectivity index (χ1n) is 8.44. The molecule has 0 aliphatic heterocycles. The van der Waals surface area contributed by atoms with E-state index in [1.165, 1.54) is 6.21 Å². The van der Waals surface area contributed by atoms with E-state index in [1.807, 2.05) is 36.4 Å². The molecule has 134 valence electrons. The average Bonchev–Trinajstić information content (AvgIpc) is 2.70. The Labute approximate surface area is 157 Å². The van der Waals surface area contributed by atoms with Gasteiger partial charge in [0.15, 0.2) is 0 Å². The molecule has 0 fully saturated rings. The van der Waals surface area contributed by atoms with E-state index in [0.29, 0.717) is 16.9 Å². The maximum absolute atomic E-state index is 12.1. The molecule has 0 heterocycles. The molecule has 0 atom stereocenters. The number of carbonyl (C=O) groups excluding carboxylic acids is 2. The Balaban J connectivity index is 1.56. The van der Waals surface area contributed by atoms with Gasteiger partial charge in [0.05, 0.1) is 18.2 Å². The number of hydrogen-bond donors (Lipinski definition) is 1. The van der Waals surface area contributed by atoms with Crippen LogP contribution in [0.3, 0.4) is 0 Å². The molecule has 0 unspecified atom stereocenters. The fourth-order valence-electron chi connectivity index (χ4n) is 2.40. The molecule has 0 aliphatic rings. The molecule has 0 saturated heterocycles. The van der Waals surface area contributed by atoms with Crippen molar-refractivity contribution >= 4 is 18.1 Å². The number of ether oxygens (including phenoxy) is 1. The minimum atomic E-state index is -0.430. The van der Waals surface area contributed by atoms with Crippen molar-refractivity contribution in [3.05, 3.63) is 102 Å². The van der Waals surface area contributed by atoms with E-state index < -0.39 is 5.97 Å². The summed E-state index contributed by atoms with van der Waals surface area (Å²) in [6.07, 6.45) is 1.76. The van der Waals surface area contributed by atoms with Gasteiger partial charge in [0.2, 0.25) is 5.91 Å². The number of nitrogens with one attached hydrogen (secondary N) is 1. The van der Waals surface area contributed by atoms with Crippen LogP contribution in [0.5, 0.6) is 5.75 Å². The Hall–Kier alpha value is -3.73. The maximum atomic E-state index is 12.1. The lowest BCUT2D eigenvalue weighted by Gasteiger charge is -2.05. The molecular formula is C22H18N2O3. The zero-order chi connectivity index (χ0) is 18.9. The van der Waals surface area contributed by atoms with Gasteiger partial charge in [-0.3, -0.25) is 4.79 Å². The van der Waals surface area contributed by atoms with Crippen LogP contribution in [-0.2, 0) is 11.2 Å². The summed E-state index contributed by atoms with van der Waals surface area (Å²) in [6, 6.07) is 25.1. The van der Waals surface area contributed by atoms with Crippen LogP contribution in [0.15, 0.2) is 90.0 Å². The second-order valence-electron chi connectivity index (χ2n) is 5.78. The minimum Gasteiger partial charge on any atom is -0.423 e. The highest BCUT2D eigenvalue weighted by Gasteiger charge is 2.07. The minimum absolute atomic E-state index is 0.205. The van der Waals surface area contributed by atoms with Crippen molar-refractivity contribution in [1.82, 2.24) is 5.43 Å². The maximum Gasteiger partial charge on any atom is 0.343 e. The van der Waals surface area contributed by atoms with Crippen LogP contribution in [0.4, 0.5) is 0 Å². The molecule has 3 rings (SSSR count). The Morgan fingerprint density at radius 1 is 0.889 bits per heavy atom. The zero-order valence-corrected chi connectivity index (χ0v) is 14.5. The monoisotopic (exact) mass is 358 g/mol. The van der Waals surface area contributed by atoms with Gasteiger partial charge in [0.25, 0.3) is 0 Å². The topological polar surface area (TPSA) is 67.8 Å². The molecule has 0 saturated carbocycles. The summed E-state index contributed by atoms with van der Waals surface area (Å²) in [4.78, 5) is 24.0. The second kappa shape index (κ2) is 9.10. The van der Waals surface area contributed by atoms with E-state index in [2.05, 4.69) is 10.5 Å². The SMILES string of the molecule is O=C(Cc1ccccc1)N/N=C/c1cccc(OC(=O)c2ccccc2)c1. The molecule has 3 aromatic rings. The number of esters is 1. The Kier molecular flexibility index (Phi) is 6.09. The Bertz CT molecular complexity index is 938. The van der Waals surface area contributed by atoms with Gasteiger partial charge in [-0.1, -0.05) is 60.7 Å². The van der Waals surface area contributed by atoms with Crippen LogP contribution in [0.25, 0.3) is 0 Å². The van der Waals surface area contributed by atoms with Crippen molar-refractivity contribution in [3.63, 3.8) is 0 Å². The first kappa shape index (κ1) is 18.1. The summed E-state index contributed by atoms with van der Waals surface area (Å²) >= 11 is 0. The number of nitrogens with zero attached hydrogens (tertiary/aromatic N) is 1. The van der Waals surface area contributed by atoms with Crippen molar-refractivity contribution in [3.8, 4) is 5.75 Å². The van der Waals surface area contributed by atoms with Crippen LogP contribution in [0, 0.1) is 0 Å². The molecule has 5 nitrogen and oxygen atoms in total. The van der Waals surface area contributed by atoms with E-state index in [9.17, 15) is 9.59 Å². The molecule has 3 aromatic carbocycles. The number of hydrogen-bond acceptors (Lipinski definition) is 4. The van der Waals surface area contributed by atoms with Gasteiger partial charge < -0.3 is 4.74 Å². The zero-order valence-electron chi connectivity index (χ0n) is 14.5. The van der Waals surface area contributed by atoms with Crippen molar-refractivity contribution in [1.29, 1.82) is 0 Å². The van der Waals surface area contributed by atoms with Crippen molar-refractivity contribution < 1.29 is 14.3 Å². The van der Waals surface area contributed by atoms with Crippen molar-refractivity contribution in [2.75, 3.05) is 0 Å². The van der Waals surface area contributed by atoms with E-state index in [-0.39, 0.29) is 12.3 Å². The third kappa shape index (κ3) is 5.64. The van der Waals surface area contributed by atoms with Crippen LogP contribution in [-0.4, -0.2) is 18.1 Å². The van der Waals surface area contributed by atoms with Crippen LogP contribution in [0.2, 0.25) is 0 Å². The highest BCUT2D eigenvalue weighted by atomic mass is 16.5. The van der Waals surface area contributed by atoms with Gasteiger partial charge in [0, 0.05) is 0 Å². The molecule has 0 aliphatic carbocycles. The Morgan fingerprint density at radius 3 is 2.33 bits per heavy atom. The normalized spacial score (nSPS) is 10.5. The smallest absolute Gasteiger partial charge is 0.343 e. The molecule has 0 spiro atoms. The van der Waals surface area contributed by atoms with Gasteiger partial charge in [-0.15, -0.1) is 0 Å². The van der Waals surface area contributed by atoms with Gasteiger partial charge in [-0.05, 0) is 35.4 Å². The fraction of sp³-hybridized carbons (Fsp3) is 0.0455. The fourth-order valence-corrected chi connectivity index (χ4v) is 2.40. The number of benzene rings is 3.